The summed E-state index contributed by atoms with van der Waals surface area (Å²) in [6, 6.07) is 8.42. The van der Waals surface area contributed by atoms with Crippen LogP contribution in [-0.4, -0.2) is 61.4 Å². The summed E-state index contributed by atoms with van der Waals surface area (Å²) in [5.41, 5.74) is 5.67. The lowest BCUT2D eigenvalue weighted by molar-refractivity contribution is 0.0617. The Morgan fingerprint density at radius 3 is 2.80 bits per heavy atom. The number of fused-ring (bicyclic) bond motifs is 3. The van der Waals surface area contributed by atoms with Gasteiger partial charge in [0.15, 0.2) is 0 Å². The number of hydrogen-bond acceptors (Lipinski definition) is 4. The lowest BCUT2D eigenvalue weighted by atomic mass is 10.0. The summed E-state index contributed by atoms with van der Waals surface area (Å²) >= 11 is 0. The van der Waals surface area contributed by atoms with E-state index in [9.17, 15) is 4.79 Å². The minimum atomic E-state index is 0.153. The van der Waals surface area contributed by atoms with Crippen molar-refractivity contribution in [1.82, 2.24) is 29.3 Å². The Bertz CT molecular complexity index is 1290. The quantitative estimate of drug-likeness (QED) is 0.561. The van der Waals surface area contributed by atoms with E-state index in [1.807, 2.05) is 23.7 Å². The van der Waals surface area contributed by atoms with Gasteiger partial charge in [0.05, 0.1) is 11.0 Å². The molecule has 0 bridgehead atoms. The fourth-order valence-electron chi connectivity index (χ4n) is 4.97. The zero-order valence-corrected chi connectivity index (χ0v) is 17.2. The topological polar surface area (TPSA) is 70.1 Å². The first-order valence-corrected chi connectivity index (χ1v) is 10.5. The van der Waals surface area contributed by atoms with Crippen LogP contribution in [0.4, 0.5) is 0 Å². The van der Waals surface area contributed by atoms with Crippen LogP contribution in [0.5, 0.6) is 0 Å². The van der Waals surface area contributed by atoms with Gasteiger partial charge in [-0.3, -0.25) is 4.79 Å². The van der Waals surface area contributed by atoms with Crippen molar-refractivity contribution in [1.29, 1.82) is 0 Å². The van der Waals surface area contributed by atoms with Gasteiger partial charge in [-0.25, -0.2) is 9.97 Å². The van der Waals surface area contributed by atoms with E-state index in [-0.39, 0.29) is 5.91 Å². The minimum Gasteiger partial charge on any atom is -0.338 e. The number of amides is 1. The van der Waals surface area contributed by atoms with Gasteiger partial charge in [0, 0.05) is 48.5 Å². The monoisotopic (exact) mass is 400 g/mol. The van der Waals surface area contributed by atoms with Gasteiger partial charge in [-0.15, -0.1) is 0 Å². The maximum Gasteiger partial charge on any atom is 0.254 e. The van der Waals surface area contributed by atoms with E-state index in [4.69, 9.17) is 4.98 Å². The number of imidazole rings is 1. The van der Waals surface area contributed by atoms with Gasteiger partial charge in [-0.05, 0) is 62.8 Å². The summed E-state index contributed by atoms with van der Waals surface area (Å²) in [7, 11) is 4.14. The van der Waals surface area contributed by atoms with Crippen LogP contribution in [0, 0.1) is 0 Å². The lowest BCUT2D eigenvalue weighted by Gasteiger charge is -2.34. The van der Waals surface area contributed by atoms with Crippen molar-refractivity contribution in [3.05, 3.63) is 47.8 Å². The molecule has 2 aliphatic heterocycles. The Morgan fingerprint density at radius 1 is 1.13 bits per heavy atom. The summed E-state index contributed by atoms with van der Waals surface area (Å²) < 4.78 is 2.01. The largest absolute Gasteiger partial charge is 0.338 e. The fourth-order valence-corrected chi connectivity index (χ4v) is 4.97. The molecule has 0 aliphatic carbocycles. The van der Waals surface area contributed by atoms with Gasteiger partial charge >= 0.3 is 0 Å². The molecule has 6 rings (SSSR count). The summed E-state index contributed by atoms with van der Waals surface area (Å²) in [5, 5.41) is 1.07. The Balaban J connectivity index is 1.37. The highest BCUT2D eigenvalue weighted by molar-refractivity contribution is 6.02. The zero-order chi connectivity index (χ0) is 20.4. The molecule has 4 aromatic rings. The molecule has 1 N–H and O–H groups in total. The number of rotatable bonds is 2. The summed E-state index contributed by atoms with van der Waals surface area (Å²) in [6.07, 6.45) is 5.95. The van der Waals surface area contributed by atoms with Crippen LogP contribution >= 0.6 is 0 Å². The van der Waals surface area contributed by atoms with Crippen molar-refractivity contribution in [3.63, 3.8) is 0 Å². The van der Waals surface area contributed by atoms with E-state index in [1.165, 1.54) is 0 Å². The third-order valence-corrected chi connectivity index (χ3v) is 6.66. The second-order valence-corrected chi connectivity index (χ2v) is 8.61. The van der Waals surface area contributed by atoms with Crippen molar-refractivity contribution in [2.75, 3.05) is 20.1 Å². The molecule has 0 unspecified atom stereocenters. The van der Waals surface area contributed by atoms with Gasteiger partial charge in [-0.2, -0.15) is 0 Å². The molecule has 0 atom stereocenters. The Hall–Kier alpha value is -3.19. The van der Waals surface area contributed by atoms with Crippen molar-refractivity contribution >= 4 is 28.0 Å². The number of carbonyl (C=O) groups is 1. The number of pyridine rings is 1. The van der Waals surface area contributed by atoms with Crippen molar-refractivity contribution in [2.45, 2.75) is 25.4 Å². The van der Waals surface area contributed by atoms with Crippen LogP contribution in [0.25, 0.3) is 33.5 Å². The van der Waals surface area contributed by atoms with Crippen LogP contribution in [0.1, 0.15) is 28.8 Å². The number of piperidine rings is 1. The molecule has 1 saturated heterocycles. The summed E-state index contributed by atoms with van der Waals surface area (Å²) in [6.45, 7) is 2.80. The smallest absolute Gasteiger partial charge is 0.254 e. The van der Waals surface area contributed by atoms with E-state index in [0.29, 0.717) is 12.6 Å². The zero-order valence-electron chi connectivity index (χ0n) is 17.2. The number of aromatic nitrogens is 4. The molecule has 1 amide bonds. The van der Waals surface area contributed by atoms with Crippen LogP contribution < -0.4 is 0 Å². The number of aryl methyl sites for hydroxylation is 1. The molecule has 7 nitrogen and oxygen atoms in total. The maximum absolute atomic E-state index is 13.1. The number of nitrogens with one attached hydrogen (secondary N) is 1. The van der Waals surface area contributed by atoms with Crippen LogP contribution in [0.2, 0.25) is 0 Å². The normalized spacial score (nSPS) is 18.1. The van der Waals surface area contributed by atoms with Crippen LogP contribution in [0.3, 0.4) is 0 Å². The van der Waals surface area contributed by atoms with Crippen LogP contribution in [0.15, 0.2) is 36.7 Å². The molecule has 1 fully saturated rings. The average molecular weight is 400 g/mol. The number of H-pyrrole nitrogens is 1. The van der Waals surface area contributed by atoms with E-state index >= 15 is 0 Å². The van der Waals surface area contributed by atoms with Gasteiger partial charge in [0.2, 0.25) is 0 Å². The number of nitrogens with zero attached hydrogens (tertiary/aromatic N) is 5. The number of carbonyl (C=O) groups excluding carboxylic acids is 1. The highest BCUT2D eigenvalue weighted by atomic mass is 16.2. The maximum atomic E-state index is 13.1. The first-order valence-electron chi connectivity index (χ1n) is 10.5. The third-order valence-electron chi connectivity index (χ3n) is 6.66. The predicted molar refractivity (Wildman–Crippen MR) is 116 cm³/mol. The van der Waals surface area contributed by atoms with E-state index in [0.717, 1.165) is 70.5 Å². The van der Waals surface area contributed by atoms with Crippen molar-refractivity contribution in [2.24, 2.45) is 7.05 Å². The van der Waals surface area contributed by atoms with Gasteiger partial charge in [0.1, 0.15) is 11.5 Å². The molecule has 5 heterocycles. The van der Waals surface area contributed by atoms with Crippen LogP contribution in [-0.2, 0) is 13.6 Å². The molecule has 2 aliphatic rings. The first kappa shape index (κ1) is 17.7. The van der Waals surface area contributed by atoms with Gasteiger partial charge in [0.25, 0.3) is 5.91 Å². The van der Waals surface area contributed by atoms with E-state index in [2.05, 4.69) is 45.1 Å². The molecule has 3 aromatic heterocycles. The Labute approximate surface area is 174 Å². The minimum absolute atomic E-state index is 0.153. The molecule has 0 radical (unpaired) electrons. The average Bonchev–Trinajstić information content (AvgIpc) is 3.41. The standard InChI is InChI=1S/C23H24N6O/c1-27-8-5-15(6-9-27)29-12-14-10-19-20(11-17(14)23(29)30)26-21(25-19)18-13-28(2)22-16(18)4-3-7-24-22/h3-4,7,10-11,13,15H,5-6,8-9,12H2,1-2H3,(H,25,26). The summed E-state index contributed by atoms with van der Waals surface area (Å²) in [4.78, 5) is 30.3. The molecule has 30 heavy (non-hydrogen) atoms. The van der Waals surface area contributed by atoms with E-state index in [1.54, 1.807) is 6.20 Å². The molecule has 0 spiro atoms. The van der Waals surface area contributed by atoms with Gasteiger partial charge < -0.3 is 19.4 Å². The lowest BCUT2D eigenvalue weighted by Crippen LogP contribution is -2.43. The molecule has 0 saturated carbocycles. The van der Waals surface area contributed by atoms with E-state index < -0.39 is 0 Å². The fraction of sp³-hybridized carbons (Fsp3) is 0.348. The first-order chi connectivity index (χ1) is 14.6. The third kappa shape index (κ3) is 2.58. The molecular weight excluding hydrogens is 376 g/mol. The second-order valence-electron chi connectivity index (χ2n) is 8.61. The second kappa shape index (κ2) is 6.40. The molecule has 1 aromatic carbocycles. The number of likely N-dealkylation sites (tertiary alicyclic amines) is 1. The van der Waals surface area contributed by atoms with Gasteiger partial charge in [-0.1, -0.05) is 0 Å². The predicted octanol–water partition coefficient (Wildman–Crippen LogP) is 3.17. The number of benzene rings is 1. The highest BCUT2D eigenvalue weighted by Crippen LogP contribution is 2.33. The van der Waals surface area contributed by atoms with Crippen molar-refractivity contribution in [3.8, 4) is 11.4 Å². The molecule has 152 valence electrons. The van der Waals surface area contributed by atoms with Crippen molar-refractivity contribution < 1.29 is 4.79 Å². The number of hydrogen-bond donors (Lipinski definition) is 1. The summed E-state index contributed by atoms with van der Waals surface area (Å²) in [5.74, 6) is 0.965. The highest BCUT2D eigenvalue weighted by Gasteiger charge is 2.34. The number of aromatic amines is 1. The molecule has 7 heteroatoms. The SMILES string of the molecule is CN1CCC(N2Cc3cc4[nH]c(-c5cn(C)c6ncccc56)nc4cc3C2=O)CC1. The Morgan fingerprint density at radius 2 is 1.97 bits per heavy atom. The molecular formula is C23H24N6O. The Kier molecular flexibility index (Phi) is 3.77.